The van der Waals surface area contributed by atoms with Crippen molar-refractivity contribution in [1.82, 2.24) is 9.88 Å². The van der Waals surface area contributed by atoms with Crippen LogP contribution in [0, 0.1) is 6.92 Å². The number of carbonyl (C=O) groups excluding carboxylic acids is 3. The van der Waals surface area contributed by atoms with Crippen LogP contribution in [0.5, 0.6) is 0 Å². The van der Waals surface area contributed by atoms with Crippen molar-refractivity contribution < 1.29 is 37.0 Å². The summed E-state index contributed by atoms with van der Waals surface area (Å²) in [6.45, 7) is 7.85. The molecule has 12 heteroatoms. The number of aromatic nitrogens is 1. The smallest absolute Gasteiger partial charge is 0.418 e. The minimum atomic E-state index is -4.69. The number of benzene rings is 2. The number of alkyl halides is 3. The fraction of sp³-hybridized carbons (Fsp3) is 0.355. The van der Waals surface area contributed by atoms with Gasteiger partial charge in [-0.2, -0.15) is 13.2 Å². The molecule has 0 radical (unpaired) electrons. The molecule has 1 N–H and O–H groups in total. The normalized spacial score (nSPS) is 13.9. The Labute approximate surface area is 247 Å². The molecule has 1 aliphatic heterocycles. The molecule has 1 aliphatic rings. The van der Waals surface area contributed by atoms with Gasteiger partial charge in [-0.15, -0.1) is 0 Å². The predicted molar refractivity (Wildman–Crippen MR) is 155 cm³/mol. The summed E-state index contributed by atoms with van der Waals surface area (Å²) in [7, 11) is 1.26. The first-order chi connectivity index (χ1) is 20.2. The van der Waals surface area contributed by atoms with Crippen LogP contribution < -0.4 is 10.2 Å². The molecule has 1 saturated heterocycles. The van der Waals surface area contributed by atoms with Gasteiger partial charge in [0.2, 0.25) is 0 Å². The lowest BCUT2D eigenvalue weighted by molar-refractivity contribution is -0.137. The van der Waals surface area contributed by atoms with Gasteiger partial charge < -0.3 is 24.6 Å². The van der Waals surface area contributed by atoms with E-state index >= 15 is 0 Å². The van der Waals surface area contributed by atoms with Gasteiger partial charge in [-0.1, -0.05) is 6.07 Å². The standard InChI is InChI=1S/C31H33F3N4O5/c1-19-6-7-20(15-24(19)21-14-22(18-35-17-21)28(40)42-5)27(39)36-23-8-9-26(25(16-23)31(32,33)34)37-10-12-38(13-11-37)29(41)43-30(2,3)4/h6-9,14-18H,10-13H2,1-5H3,(H,36,39). The summed E-state index contributed by atoms with van der Waals surface area (Å²) in [6, 6.07) is 10.1. The van der Waals surface area contributed by atoms with Crippen molar-refractivity contribution in [2.75, 3.05) is 43.5 Å². The third-order valence-corrected chi connectivity index (χ3v) is 6.80. The monoisotopic (exact) mass is 598 g/mol. The van der Waals surface area contributed by atoms with Crippen LogP contribution in [0.25, 0.3) is 11.1 Å². The van der Waals surface area contributed by atoms with Crippen molar-refractivity contribution >= 4 is 29.3 Å². The number of hydrogen-bond donors (Lipinski definition) is 1. The fourth-order valence-electron chi connectivity index (χ4n) is 4.67. The van der Waals surface area contributed by atoms with E-state index in [1.165, 1.54) is 36.5 Å². The van der Waals surface area contributed by atoms with E-state index in [1.54, 1.807) is 49.9 Å². The number of aryl methyl sites for hydroxylation is 1. The van der Waals surface area contributed by atoms with Gasteiger partial charge in [0.25, 0.3) is 5.91 Å². The van der Waals surface area contributed by atoms with Gasteiger partial charge in [0.15, 0.2) is 0 Å². The van der Waals surface area contributed by atoms with E-state index in [1.807, 2.05) is 6.92 Å². The zero-order chi connectivity index (χ0) is 31.5. The van der Waals surface area contributed by atoms with Gasteiger partial charge in [0.05, 0.1) is 18.2 Å². The summed E-state index contributed by atoms with van der Waals surface area (Å²) in [6.07, 6.45) is -2.29. The lowest BCUT2D eigenvalue weighted by atomic mass is 9.98. The van der Waals surface area contributed by atoms with E-state index in [4.69, 9.17) is 9.47 Å². The number of nitrogens with zero attached hydrogens (tertiary/aromatic N) is 3. The van der Waals surface area contributed by atoms with Crippen molar-refractivity contribution in [3.8, 4) is 11.1 Å². The Morgan fingerprint density at radius 1 is 0.907 bits per heavy atom. The van der Waals surface area contributed by atoms with Gasteiger partial charge in [-0.25, -0.2) is 9.59 Å². The molecular weight excluding hydrogens is 565 g/mol. The molecule has 2 aromatic carbocycles. The second kappa shape index (κ2) is 12.3. The number of esters is 1. The zero-order valence-corrected chi connectivity index (χ0v) is 24.5. The first kappa shape index (κ1) is 31.3. The van der Waals surface area contributed by atoms with Crippen molar-refractivity contribution in [3.63, 3.8) is 0 Å². The number of hydrogen-bond acceptors (Lipinski definition) is 7. The van der Waals surface area contributed by atoms with Crippen LogP contribution in [-0.4, -0.2) is 66.7 Å². The molecule has 2 heterocycles. The van der Waals surface area contributed by atoms with Gasteiger partial charge in [0.1, 0.15) is 5.60 Å². The number of rotatable bonds is 5. The Hall–Kier alpha value is -4.61. The highest BCUT2D eigenvalue weighted by Gasteiger charge is 2.36. The summed E-state index contributed by atoms with van der Waals surface area (Å²) in [5.74, 6) is -1.17. The lowest BCUT2D eigenvalue weighted by Crippen LogP contribution is -2.50. The number of anilines is 2. The Bertz CT molecular complexity index is 1530. The first-order valence-corrected chi connectivity index (χ1v) is 13.6. The van der Waals surface area contributed by atoms with E-state index in [-0.39, 0.29) is 48.7 Å². The Morgan fingerprint density at radius 3 is 2.23 bits per heavy atom. The molecule has 0 unspecified atom stereocenters. The summed E-state index contributed by atoms with van der Waals surface area (Å²) in [5.41, 5.74) is 0.816. The quantitative estimate of drug-likeness (QED) is 0.351. The number of ether oxygens (including phenoxy) is 2. The molecule has 1 aromatic heterocycles. The second-order valence-electron chi connectivity index (χ2n) is 11.1. The number of carbonyl (C=O) groups is 3. The molecule has 43 heavy (non-hydrogen) atoms. The molecule has 2 amide bonds. The Kier molecular flexibility index (Phi) is 8.98. The molecule has 0 spiro atoms. The molecule has 0 atom stereocenters. The molecule has 9 nitrogen and oxygen atoms in total. The zero-order valence-electron chi connectivity index (χ0n) is 24.5. The third-order valence-electron chi connectivity index (χ3n) is 6.80. The molecular formula is C31H33F3N4O5. The average Bonchev–Trinajstić information content (AvgIpc) is 2.95. The van der Waals surface area contributed by atoms with Crippen molar-refractivity contribution in [3.05, 3.63) is 77.1 Å². The minimum absolute atomic E-state index is 0.0232. The molecule has 0 saturated carbocycles. The summed E-state index contributed by atoms with van der Waals surface area (Å²) in [5, 5.41) is 2.56. The highest BCUT2D eigenvalue weighted by Crippen LogP contribution is 2.39. The number of halogens is 3. The van der Waals surface area contributed by atoms with Gasteiger partial charge >= 0.3 is 18.2 Å². The van der Waals surface area contributed by atoms with Gasteiger partial charge in [-0.3, -0.25) is 9.78 Å². The van der Waals surface area contributed by atoms with Crippen LogP contribution in [0.4, 0.5) is 29.3 Å². The van der Waals surface area contributed by atoms with E-state index in [9.17, 15) is 27.6 Å². The van der Waals surface area contributed by atoms with Crippen LogP contribution in [0.3, 0.4) is 0 Å². The maximum absolute atomic E-state index is 14.2. The van der Waals surface area contributed by atoms with Gasteiger partial charge in [-0.05, 0) is 75.2 Å². The molecule has 3 aromatic rings. The summed E-state index contributed by atoms with van der Waals surface area (Å²) >= 11 is 0. The average molecular weight is 599 g/mol. The van der Waals surface area contributed by atoms with E-state index < -0.39 is 35.3 Å². The topological polar surface area (TPSA) is 101 Å². The van der Waals surface area contributed by atoms with Crippen LogP contribution >= 0.6 is 0 Å². The number of amides is 2. The number of nitrogens with one attached hydrogen (secondary N) is 1. The van der Waals surface area contributed by atoms with E-state index in [0.717, 1.165) is 11.6 Å². The van der Waals surface area contributed by atoms with Crippen LogP contribution in [-0.2, 0) is 15.7 Å². The van der Waals surface area contributed by atoms with Crippen molar-refractivity contribution in [1.29, 1.82) is 0 Å². The number of piperazine rings is 1. The fourth-order valence-corrected chi connectivity index (χ4v) is 4.67. The highest BCUT2D eigenvalue weighted by atomic mass is 19.4. The Morgan fingerprint density at radius 2 is 1.60 bits per heavy atom. The van der Waals surface area contributed by atoms with Crippen LogP contribution in [0.1, 0.15) is 52.6 Å². The summed E-state index contributed by atoms with van der Waals surface area (Å²) < 4.78 is 52.6. The van der Waals surface area contributed by atoms with Crippen molar-refractivity contribution in [2.45, 2.75) is 39.5 Å². The van der Waals surface area contributed by atoms with Crippen molar-refractivity contribution in [2.24, 2.45) is 0 Å². The second-order valence-corrected chi connectivity index (χ2v) is 11.1. The number of methoxy groups -OCH3 is 1. The number of pyridine rings is 1. The predicted octanol–water partition coefficient (Wildman–Crippen LogP) is 6.17. The minimum Gasteiger partial charge on any atom is -0.465 e. The maximum Gasteiger partial charge on any atom is 0.418 e. The molecule has 4 rings (SSSR count). The molecule has 0 aliphatic carbocycles. The lowest BCUT2D eigenvalue weighted by Gasteiger charge is -2.37. The highest BCUT2D eigenvalue weighted by molar-refractivity contribution is 6.05. The van der Waals surface area contributed by atoms with Gasteiger partial charge in [0, 0.05) is 61.1 Å². The first-order valence-electron chi connectivity index (χ1n) is 13.6. The van der Waals surface area contributed by atoms with E-state index in [0.29, 0.717) is 11.1 Å². The largest absolute Gasteiger partial charge is 0.465 e. The molecule has 1 fully saturated rings. The molecule has 228 valence electrons. The van der Waals surface area contributed by atoms with Crippen LogP contribution in [0.15, 0.2) is 54.9 Å². The Balaban J connectivity index is 1.53. The SMILES string of the molecule is COC(=O)c1cncc(-c2cc(C(=O)Nc3ccc(N4CCN(C(=O)OC(C)(C)C)CC4)c(C(F)(F)F)c3)ccc2C)c1. The third kappa shape index (κ3) is 7.62. The molecule has 0 bridgehead atoms. The van der Waals surface area contributed by atoms with E-state index in [2.05, 4.69) is 10.3 Å². The maximum atomic E-state index is 14.2. The summed E-state index contributed by atoms with van der Waals surface area (Å²) in [4.78, 5) is 44.6. The van der Waals surface area contributed by atoms with Crippen LogP contribution in [0.2, 0.25) is 0 Å².